The van der Waals surface area contributed by atoms with Crippen LogP contribution in [-0.2, 0) is 14.3 Å². The summed E-state index contributed by atoms with van der Waals surface area (Å²) < 4.78 is 5.86. The molecule has 3 rings (SSSR count). The van der Waals surface area contributed by atoms with Crippen LogP contribution in [0.3, 0.4) is 0 Å². The first-order chi connectivity index (χ1) is 14.0. The molecule has 0 saturated carbocycles. The zero-order valence-corrected chi connectivity index (χ0v) is 17.1. The molecule has 0 aliphatic carbocycles. The van der Waals surface area contributed by atoms with E-state index in [0.717, 1.165) is 18.7 Å². The molecule has 2 amide bonds. The van der Waals surface area contributed by atoms with Gasteiger partial charge >= 0.3 is 11.8 Å². The van der Waals surface area contributed by atoms with Gasteiger partial charge in [-0.1, -0.05) is 56.3 Å². The summed E-state index contributed by atoms with van der Waals surface area (Å²) in [4.78, 5) is 26.4. The molecule has 1 atom stereocenters. The molecule has 1 heterocycles. The highest BCUT2D eigenvalue weighted by atomic mass is 16.5. The number of nitrogens with zero attached hydrogens (tertiary/aromatic N) is 1. The second kappa shape index (κ2) is 10.2. The van der Waals surface area contributed by atoms with Crippen molar-refractivity contribution < 1.29 is 14.3 Å². The zero-order chi connectivity index (χ0) is 20.6. The van der Waals surface area contributed by atoms with Gasteiger partial charge < -0.3 is 15.4 Å². The van der Waals surface area contributed by atoms with Gasteiger partial charge in [0.15, 0.2) is 0 Å². The summed E-state index contributed by atoms with van der Waals surface area (Å²) in [6.07, 6.45) is 0.0396. The molecule has 0 bridgehead atoms. The van der Waals surface area contributed by atoms with Crippen LogP contribution in [0.4, 0.5) is 5.69 Å². The van der Waals surface area contributed by atoms with Gasteiger partial charge in [-0.15, -0.1) is 0 Å². The molecule has 0 spiro atoms. The van der Waals surface area contributed by atoms with Gasteiger partial charge in [-0.3, -0.25) is 14.5 Å². The Kier molecular flexibility index (Phi) is 7.38. The number of hydrogen-bond acceptors (Lipinski definition) is 4. The van der Waals surface area contributed by atoms with Crippen LogP contribution in [0.25, 0.3) is 0 Å². The molecule has 1 aliphatic rings. The minimum atomic E-state index is -0.647. The van der Waals surface area contributed by atoms with E-state index in [1.807, 2.05) is 42.5 Å². The highest BCUT2D eigenvalue weighted by Gasteiger charge is 2.22. The monoisotopic (exact) mass is 395 g/mol. The number of rotatable bonds is 6. The van der Waals surface area contributed by atoms with Crippen LogP contribution >= 0.6 is 0 Å². The van der Waals surface area contributed by atoms with Gasteiger partial charge in [-0.2, -0.15) is 0 Å². The van der Waals surface area contributed by atoms with Gasteiger partial charge in [0.25, 0.3) is 0 Å². The molecular weight excluding hydrogens is 366 g/mol. The normalized spacial score (nSPS) is 17.1. The Morgan fingerprint density at radius 1 is 1.07 bits per heavy atom. The molecule has 1 unspecified atom stereocenters. The van der Waals surface area contributed by atoms with Crippen LogP contribution in [0, 0.1) is 0 Å². The first-order valence-corrected chi connectivity index (χ1v) is 10.1. The Labute approximate surface area is 172 Å². The van der Waals surface area contributed by atoms with Crippen molar-refractivity contribution in [2.75, 3.05) is 38.1 Å². The predicted molar refractivity (Wildman–Crippen MR) is 114 cm³/mol. The van der Waals surface area contributed by atoms with E-state index in [9.17, 15) is 9.59 Å². The van der Waals surface area contributed by atoms with Gasteiger partial charge in [-0.05, 0) is 29.2 Å². The molecule has 0 radical (unpaired) electrons. The lowest BCUT2D eigenvalue weighted by Crippen LogP contribution is -2.44. The zero-order valence-electron chi connectivity index (χ0n) is 17.1. The van der Waals surface area contributed by atoms with Crippen molar-refractivity contribution in [3.8, 4) is 0 Å². The van der Waals surface area contributed by atoms with Crippen LogP contribution < -0.4 is 10.6 Å². The smallest absolute Gasteiger partial charge is 0.313 e. The van der Waals surface area contributed by atoms with Crippen LogP contribution in [0.2, 0.25) is 0 Å². The molecule has 2 N–H and O–H groups in total. The Morgan fingerprint density at radius 3 is 2.48 bits per heavy atom. The summed E-state index contributed by atoms with van der Waals surface area (Å²) in [5.41, 5.74) is 2.96. The van der Waals surface area contributed by atoms with Crippen LogP contribution in [0.1, 0.15) is 37.0 Å². The molecule has 1 saturated heterocycles. The maximum absolute atomic E-state index is 12.1. The van der Waals surface area contributed by atoms with Crippen molar-refractivity contribution in [3.63, 3.8) is 0 Å². The van der Waals surface area contributed by atoms with Gasteiger partial charge in [0.1, 0.15) is 0 Å². The number of carbonyl (C=O) groups is 2. The van der Waals surface area contributed by atoms with Crippen molar-refractivity contribution >= 4 is 17.5 Å². The highest BCUT2D eigenvalue weighted by molar-refractivity contribution is 6.39. The maximum atomic E-state index is 12.1. The fourth-order valence-electron chi connectivity index (χ4n) is 3.32. The highest BCUT2D eigenvalue weighted by Crippen LogP contribution is 2.21. The van der Waals surface area contributed by atoms with Gasteiger partial charge in [0.05, 0.1) is 12.7 Å². The molecule has 29 heavy (non-hydrogen) atoms. The average molecular weight is 396 g/mol. The maximum Gasteiger partial charge on any atom is 0.313 e. The molecule has 1 aliphatic heterocycles. The predicted octanol–water partition coefficient (Wildman–Crippen LogP) is 2.94. The third-order valence-corrected chi connectivity index (χ3v) is 5.08. The molecule has 2 aromatic carbocycles. The first kappa shape index (κ1) is 21.0. The second-order valence-electron chi connectivity index (χ2n) is 7.56. The Hall–Kier alpha value is -2.70. The lowest BCUT2D eigenvalue weighted by molar-refractivity contribution is -0.136. The minimum absolute atomic E-state index is 0.0396. The molecule has 6 nitrogen and oxygen atoms in total. The van der Waals surface area contributed by atoms with E-state index in [2.05, 4.69) is 41.5 Å². The fraction of sp³-hybridized carbons (Fsp3) is 0.391. The number of morpholine rings is 1. The Morgan fingerprint density at radius 2 is 1.79 bits per heavy atom. The van der Waals surface area contributed by atoms with Crippen molar-refractivity contribution in [2.45, 2.75) is 25.9 Å². The topological polar surface area (TPSA) is 70.7 Å². The molecule has 2 aromatic rings. The third kappa shape index (κ3) is 6.14. The van der Waals surface area contributed by atoms with E-state index in [0.29, 0.717) is 31.3 Å². The number of hydrogen-bond donors (Lipinski definition) is 2. The molecule has 0 aromatic heterocycles. The fourth-order valence-corrected chi connectivity index (χ4v) is 3.32. The summed E-state index contributed by atoms with van der Waals surface area (Å²) in [5, 5.41) is 5.34. The number of amides is 2. The van der Waals surface area contributed by atoms with E-state index >= 15 is 0 Å². The van der Waals surface area contributed by atoms with Crippen LogP contribution in [0.15, 0.2) is 54.6 Å². The molecule has 1 fully saturated rings. The van der Waals surface area contributed by atoms with Crippen molar-refractivity contribution in [1.29, 1.82) is 0 Å². The quantitative estimate of drug-likeness (QED) is 0.738. The summed E-state index contributed by atoms with van der Waals surface area (Å²) >= 11 is 0. The summed E-state index contributed by atoms with van der Waals surface area (Å²) in [7, 11) is 0. The lowest BCUT2D eigenvalue weighted by atomic mass is 10.0. The van der Waals surface area contributed by atoms with Crippen molar-refractivity contribution in [3.05, 3.63) is 65.7 Å². The van der Waals surface area contributed by atoms with Crippen LogP contribution in [0.5, 0.6) is 0 Å². The second-order valence-corrected chi connectivity index (χ2v) is 7.56. The number of ether oxygens (including phenoxy) is 1. The van der Waals surface area contributed by atoms with Gasteiger partial charge in [0, 0.05) is 31.9 Å². The molecule has 6 heteroatoms. The summed E-state index contributed by atoms with van der Waals surface area (Å²) in [5.74, 6) is -0.845. The van der Waals surface area contributed by atoms with Crippen molar-refractivity contribution in [1.82, 2.24) is 10.2 Å². The minimum Gasteiger partial charge on any atom is -0.371 e. The summed E-state index contributed by atoms with van der Waals surface area (Å²) in [6.45, 7) is 7.55. The van der Waals surface area contributed by atoms with E-state index in [1.165, 1.54) is 5.56 Å². The van der Waals surface area contributed by atoms with Gasteiger partial charge in [-0.25, -0.2) is 0 Å². The van der Waals surface area contributed by atoms with E-state index < -0.39 is 11.8 Å². The largest absolute Gasteiger partial charge is 0.371 e. The lowest BCUT2D eigenvalue weighted by Gasteiger charge is -2.33. The third-order valence-electron chi connectivity index (χ3n) is 5.08. The Bertz CT molecular complexity index is 806. The first-order valence-electron chi connectivity index (χ1n) is 10.1. The average Bonchev–Trinajstić information content (AvgIpc) is 2.75. The molecular formula is C23H29N3O3. The number of anilines is 1. The summed E-state index contributed by atoms with van der Waals surface area (Å²) in [6, 6.07) is 17.7. The SMILES string of the molecule is CC(C)c1ccc(NC(=O)C(=O)NCCN2CCOC(c3ccccc3)C2)cc1. The number of benzene rings is 2. The number of nitrogens with one attached hydrogen (secondary N) is 2. The van der Waals surface area contributed by atoms with E-state index in [1.54, 1.807) is 0 Å². The van der Waals surface area contributed by atoms with Crippen LogP contribution in [-0.4, -0.2) is 49.5 Å². The van der Waals surface area contributed by atoms with E-state index in [4.69, 9.17) is 4.74 Å². The Balaban J connectivity index is 1.41. The van der Waals surface area contributed by atoms with E-state index in [-0.39, 0.29) is 6.10 Å². The molecule has 154 valence electrons. The standard InChI is InChI=1S/C23H29N3O3/c1-17(2)18-8-10-20(11-9-18)25-23(28)22(27)24-12-13-26-14-15-29-21(16-26)19-6-4-3-5-7-19/h3-11,17,21H,12-16H2,1-2H3,(H,24,27)(H,25,28). The van der Waals surface area contributed by atoms with Crippen molar-refractivity contribution in [2.24, 2.45) is 0 Å². The number of carbonyl (C=O) groups excluding carboxylic acids is 2. The van der Waals surface area contributed by atoms with Gasteiger partial charge in [0.2, 0.25) is 0 Å².